The second kappa shape index (κ2) is 5.73. The summed E-state index contributed by atoms with van der Waals surface area (Å²) in [5, 5.41) is 6.20. The third-order valence-electron chi connectivity index (χ3n) is 3.41. The van der Waals surface area contributed by atoms with Crippen LogP contribution in [0.15, 0.2) is 47.2 Å². The Morgan fingerprint density at radius 2 is 2.15 bits per heavy atom. The van der Waals surface area contributed by atoms with E-state index in [-0.39, 0.29) is 11.8 Å². The highest BCUT2D eigenvalue weighted by Gasteiger charge is 2.25. The smallest absolute Gasteiger partial charge is 0.233 e. The fourth-order valence-corrected chi connectivity index (χ4v) is 2.64. The number of nitrogens with zero attached hydrogens (tertiary/aromatic N) is 1. The van der Waals surface area contributed by atoms with E-state index < -0.39 is 0 Å². The van der Waals surface area contributed by atoms with Gasteiger partial charge in [-0.25, -0.2) is 4.98 Å². The molecule has 2 heterocycles. The fourth-order valence-electron chi connectivity index (χ4n) is 2.41. The third-order valence-corrected chi connectivity index (χ3v) is 3.87. The molecule has 1 atom stereocenters. The first-order valence-electron chi connectivity index (χ1n) is 6.45. The van der Waals surface area contributed by atoms with Crippen molar-refractivity contribution >= 4 is 27.5 Å². The molecular weight excluding hydrogens is 318 g/mol. The Hall–Kier alpha value is -1.72. The lowest BCUT2D eigenvalue weighted by atomic mass is 9.90. The Morgan fingerprint density at radius 3 is 2.95 bits per heavy atom. The highest BCUT2D eigenvalue weighted by Crippen LogP contribution is 2.25. The average Bonchev–Trinajstić information content (AvgIpc) is 2.49. The molecule has 0 saturated heterocycles. The Labute approximate surface area is 125 Å². The Bertz CT molecular complexity index is 627. The second-order valence-electron chi connectivity index (χ2n) is 4.74. The van der Waals surface area contributed by atoms with E-state index in [4.69, 9.17) is 0 Å². The maximum atomic E-state index is 12.4. The minimum absolute atomic E-state index is 0.00577. The van der Waals surface area contributed by atoms with E-state index in [0.717, 1.165) is 16.7 Å². The van der Waals surface area contributed by atoms with Crippen LogP contribution in [0.2, 0.25) is 0 Å². The first-order valence-corrected chi connectivity index (χ1v) is 7.24. The zero-order valence-electron chi connectivity index (χ0n) is 10.8. The van der Waals surface area contributed by atoms with Gasteiger partial charge in [-0.2, -0.15) is 0 Å². The van der Waals surface area contributed by atoms with Crippen LogP contribution in [-0.2, 0) is 11.3 Å². The number of halogens is 1. The van der Waals surface area contributed by atoms with Gasteiger partial charge in [0, 0.05) is 13.1 Å². The lowest BCUT2D eigenvalue weighted by Gasteiger charge is -2.25. The number of pyridine rings is 1. The van der Waals surface area contributed by atoms with Gasteiger partial charge in [-0.15, -0.1) is 0 Å². The number of aromatic nitrogens is 1. The number of carbonyl (C=O) groups is 1. The number of nitrogens with one attached hydrogen (secondary N) is 2. The van der Waals surface area contributed by atoms with Crippen LogP contribution in [0.25, 0.3) is 0 Å². The molecule has 102 valence electrons. The molecule has 0 radical (unpaired) electrons. The zero-order chi connectivity index (χ0) is 13.9. The van der Waals surface area contributed by atoms with Gasteiger partial charge in [0.1, 0.15) is 4.60 Å². The maximum absolute atomic E-state index is 12.4. The molecule has 0 saturated carbocycles. The molecule has 0 spiro atoms. The van der Waals surface area contributed by atoms with Gasteiger partial charge in [0.25, 0.3) is 0 Å². The summed E-state index contributed by atoms with van der Waals surface area (Å²) in [7, 11) is 0. The van der Waals surface area contributed by atoms with Gasteiger partial charge in [0.15, 0.2) is 0 Å². The van der Waals surface area contributed by atoms with E-state index >= 15 is 0 Å². The minimum atomic E-state index is -0.163. The van der Waals surface area contributed by atoms with Gasteiger partial charge < -0.3 is 10.6 Å². The van der Waals surface area contributed by atoms with Crippen LogP contribution in [0.3, 0.4) is 0 Å². The summed E-state index contributed by atoms with van der Waals surface area (Å²) in [5.74, 6) is -0.169. The molecule has 1 amide bonds. The molecule has 2 N–H and O–H groups in total. The third kappa shape index (κ3) is 2.73. The average molecular weight is 332 g/mol. The molecule has 20 heavy (non-hydrogen) atoms. The van der Waals surface area contributed by atoms with Crippen LogP contribution >= 0.6 is 15.9 Å². The summed E-state index contributed by atoms with van der Waals surface area (Å²) in [6, 6.07) is 11.7. The Morgan fingerprint density at radius 1 is 1.30 bits per heavy atom. The molecule has 4 nitrogen and oxygen atoms in total. The Balaban J connectivity index is 1.80. The number of rotatable bonds is 2. The van der Waals surface area contributed by atoms with E-state index in [1.165, 1.54) is 5.56 Å². The minimum Gasteiger partial charge on any atom is -0.324 e. The normalized spacial score (nSPS) is 17.4. The molecule has 1 aromatic heterocycles. The molecule has 5 heteroatoms. The molecule has 0 aliphatic carbocycles. The molecule has 0 fully saturated rings. The number of amides is 1. The van der Waals surface area contributed by atoms with E-state index in [1.807, 2.05) is 30.3 Å². The van der Waals surface area contributed by atoms with Crippen molar-refractivity contribution in [3.05, 3.63) is 58.3 Å². The lowest BCUT2D eigenvalue weighted by Crippen LogP contribution is -2.35. The molecule has 1 aromatic carbocycles. The number of anilines is 1. The quantitative estimate of drug-likeness (QED) is 0.832. The summed E-state index contributed by atoms with van der Waals surface area (Å²) in [6.45, 7) is 1.48. The maximum Gasteiger partial charge on any atom is 0.233 e. The molecule has 2 aromatic rings. The molecular formula is C15H14BrN3O. The standard InChI is InChI=1S/C15H14BrN3O/c16-14-6-5-11(8-18-14)19-15(20)13-9-17-7-10-3-1-2-4-12(10)13/h1-6,8,13,17H,7,9H2,(H,19,20). The van der Waals surface area contributed by atoms with Crippen LogP contribution in [0, 0.1) is 0 Å². The van der Waals surface area contributed by atoms with Crippen molar-refractivity contribution in [2.45, 2.75) is 12.5 Å². The summed E-state index contributed by atoms with van der Waals surface area (Å²) in [5.41, 5.74) is 3.00. The van der Waals surface area contributed by atoms with E-state index in [1.54, 1.807) is 6.20 Å². The van der Waals surface area contributed by atoms with Crippen LogP contribution in [0.5, 0.6) is 0 Å². The summed E-state index contributed by atoms with van der Waals surface area (Å²) in [4.78, 5) is 16.5. The number of fused-ring (bicyclic) bond motifs is 1. The lowest BCUT2D eigenvalue weighted by molar-refractivity contribution is -0.117. The van der Waals surface area contributed by atoms with E-state index in [0.29, 0.717) is 12.2 Å². The van der Waals surface area contributed by atoms with Crippen molar-refractivity contribution in [1.82, 2.24) is 10.3 Å². The number of hydrogen-bond acceptors (Lipinski definition) is 3. The highest BCUT2D eigenvalue weighted by molar-refractivity contribution is 9.10. The van der Waals surface area contributed by atoms with Crippen LogP contribution in [-0.4, -0.2) is 17.4 Å². The zero-order valence-corrected chi connectivity index (χ0v) is 12.4. The van der Waals surface area contributed by atoms with Gasteiger partial charge in [0.2, 0.25) is 5.91 Å². The Kier molecular flexibility index (Phi) is 3.80. The topological polar surface area (TPSA) is 54.0 Å². The first kappa shape index (κ1) is 13.3. The van der Waals surface area contributed by atoms with Crippen molar-refractivity contribution < 1.29 is 4.79 Å². The fraction of sp³-hybridized carbons (Fsp3) is 0.200. The second-order valence-corrected chi connectivity index (χ2v) is 5.55. The van der Waals surface area contributed by atoms with Crippen molar-refractivity contribution in [2.24, 2.45) is 0 Å². The van der Waals surface area contributed by atoms with Gasteiger partial charge in [-0.1, -0.05) is 24.3 Å². The van der Waals surface area contributed by atoms with Crippen LogP contribution in [0.4, 0.5) is 5.69 Å². The molecule has 0 bridgehead atoms. The molecule has 1 aliphatic rings. The van der Waals surface area contributed by atoms with E-state index in [2.05, 4.69) is 37.6 Å². The predicted molar refractivity (Wildman–Crippen MR) is 81.5 cm³/mol. The van der Waals surface area contributed by atoms with Gasteiger partial charge in [-0.3, -0.25) is 4.79 Å². The number of benzene rings is 1. The SMILES string of the molecule is O=C(Nc1ccc(Br)nc1)C1CNCc2ccccc21. The van der Waals surface area contributed by atoms with E-state index in [9.17, 15) is 4.79 Å². The molecule has 1 unspecified atom stereocenters. The highest BCUT2D eigenvalue weighted by atomic mass is 79.9. The van der Waals surface area contributed by atoms with Crippen molar-refractivity contribution in [3.63, 3.8) is 0 Å². The first-order chi connectivity index (χ1) is 9.74. The van der Waals surface area contributed by atoms with Crippen molar-refractivity contribution in [2.75, 3.05) is 11.9 Å². The van der Waals surface area contributed by atoms with Gasteiger partial charge in [0.05, 0.1) is 17.8 Å². The van der Waals surface area contributed by atoms with Gasteiger partial charge >= 0.3 is 0 Å². The summed E-state index contributed by atoms with van der Waals surface area (Å²) in [6.07, 6.45) is 1.64. The van der Waals surface area contributed by atoms with Crippen molar-refractivity contribution in [1.29, 1.82) is 0 Å². The van der Waals surface area contributed by atoms with Crippen LogP contribution < -0.4 is 10.6 Å². The summed E-state index contributed by atoms with van der Waals surface area (Å²) < 4.78 is 0.750. The predicted octanol–water partition coefficient (Wildman–Crippen LogP) is 2.67. The van der Waals surface area contributed by atoms with Crippen LogP contribution in [0.1, 0.15) is 17.0 Å². The molecule has 3 rings (SSSR count). The van der Waals surface area contributed by atoms with Gasteiger partial charge in [-0.05, 0) is 39.2 Å². The molecule has 1 aliphatic heterocycles. The largest absolute Gasteiger partial charge is 0.324 e. The summed E-state index contributed by atoms with van der Waals surface area (Å²) >= 11 is 3.28. The number of hydrogen-bond donors (Lipinski definition) is 2. The number of carbonyl (C=O) groups excluding carboxylic acids is 1. The van der Waals surface area contributed by atoms with Crippen molar-refractivity contribution in [3.8, 4) is 0 Å². The monoisotopic (exact) mass is 331 g/mol.